The number of nitrogens with zero attached hydrogens (tertiary/aromatic N) is 1. The fourth-order valence-electron chi connectivity index (χ4n) is 2.85. The zero-order chi connectivity index (χ0) is 18.9. The maximum absolute atomic E-state index is 11.9. The molecule has 7 nitrogen and oxygen atoms in total. The van der Waals surface area contributed by atoms with Crippen LogP contribution >= 0.6 is 0 Å². The summed E-state index contributed by atoms with van der Waals surface area (Å²) in [6.45, 7) is 5.19. The largest absolute Gasteiger partial charge is 0.459 e. The summed E-state index contributed by atoms with van der Waals surface area (Å²) >= 11 is 0. The second-order valence-corrected chi connectivity index (χ2v) is 6.46. The number of amides is 2. The molecule has 0 radical (unpaired) electrons. The molecule has 2 heterocycles. The lowest BCUT2D eigenvalue weighted by Crippen LogP contribution is -2.35. The van der Waals surface area contributed by atoms with Crippen LogP contribution in [0.1, 0.15) is 28.1 Å². The van der Waals surface area contributed by atoms with Gasteiger partial charge in [0.05, 0.1) is 19.5 Å². The Morgan fingerprint density at radius 2 is 1.74 bits per heavy atom. The third-order valence-electron chi connectivity index (χ3n) is 4.41. The van der Waals surface area contributed by atoms with Gasteiger partial charge >= 0.3 is 0 Å². The van der Waals surface area contributed by atoms with E-state index in [2.05, 4.69) is 27.7 Å². The van der Waals surface area contributed by atoms with E-state index in [1.54, 1.807) is 12.1 Å². The van der Waals surface area contributed by atoms with E-state index in [1.807, 2.05) is 12.1 Å². The van der Waals surface area contributed by atoms with E-state index in [0.717, 1.165) is 38.4 Å². The summed E-state index contributed by atoms with van der Waals surface area (Å²) in [7, 11) is 0. The fraction of sp³-hybridized carbons (Fsp3) is 0.400. The van der Waals surface area contributed by atoms with Crippen LogP contribution in [0.3, 0.4) is 0 Å². The molecule has 1 saturated heterocycles. The second-order valence-electron chi connectivity index (χ2n) is 6.46. The Balaban J connectivity index is 1.34. The van der Waals surface area contributed by atoms with Gasteiger partial charge in [0.1, 0.15) is 0 Å². The molecule has 27 heavy (non-hydrogen) atoms. The molecular formula is C20H25N3O4. The van der Waals surface area contributed by atoms with Crippen molar-refractivity contribution in [3.63, 3.8) is 0 Å². The molecule has 2 N–H and O–H groups in total. The Morgan fingerprint density at radius 3 is 2.44 bits per heavy atom. The van der Waals surface area contributed by atoms with Crippen LogP contribution in [0, 0.1) is 0 Å². The molecule has 0 saturated carbocycles. The van der Waals surface area contributed by atoms with Crippen LogP contribution < -0.4 is 10.6 Å². The number of carbonyl (C=O) groups is 2. The predicted molar refractivity (Wildman–Crippen MR) is 100 cm³/mol. The lowest BCUT2D eigenvalue weighted by atomic mass is 10.1. The van der Waals surface area contributed by atoms with Gasteiger partial charge in [-0.05, 0) is 23.3 Å². The third kappa shape index (κ3) is 6.23. The van der Waals surface area contributed by atoms with Gasteiger partial charge in [-0.3, -0.25) is 14.5 Å². The number of rotatable bonds is 8. The van der Waals surface area contributed by atoms with Gasteiger partial charge in [0.25, 0.3) is 5.91 Å². The highest BCUT2D eigenvalue weighted by molar-refractivity contribution is 5.91. The predicted octanol–water partition coefficient (Wildman–Crippen LogP) is 1.55. The van der Waals surface area contributed by atoms with Gasteiger partial charge in [-0.2, -0.15) is 0 Å². The number of furan rings is 1. The minimum Gasteiger partial charge on any atom is -0.459 e. The van der Waals surface area contributed by atoms with Gasteiger partial charge in [-0.25, -0.2) is 0 Å². The molecule has 0 unspecified atom stereocenters. The van der Waals surface area contributed by atoms with E-state index in [-0.39, 0.29) is 30.5 Å². The molecule has 7 heteroatoms. The van der Waals surface area contributed by atoms with Gasteiger partial charge in [-0.15, -0.1) is 0 Å². The van der Waals surface area contributed by atoms with Crippen LogP contribution in [0.4, 0.5) is 0 Å². The summed E-state index contributed by atoms with van der Waals surface area (Å²) in [5.41, 5.74) is 2.31. The van der Waals surface area contributed by atoms with Gasteiger partial charge in [-0.1, -0.05) is 24.3 Å². The van der Waals surface area contributed by atoms with E-state index < -0.39 is 0 Å². The second kappa shape index (κ2) is 9.89. The maximum Gasteiger partial charge on any atom is 0.286 e. The van der Waals surface area contributed by atoms with Crippen molar-refractivity contribution in [3.8, 4) is 0 Å². The summed E-state index contributed by atoms with van der Waals surface area (Å²) in [5.74, 6) is -0.177. The molecule has 0 atom stereocenters. The molecule has 144 valence electrons. The molecular weight excluding hydrogens is 346 g/mol. The monoisotopic (exact) mass is 371 g/mol. The zero-order valence-electron chi connectivity index (χ0n) is 15.3. The van der Waals surface area contributed by atoms with Crippen LogP contribution in [0.2, 0.25) is 0 Å². The Bertz CT molecular complexity index is 722. The summed E-state index contributed by atoms with van der Waals surface area (Å²) in [5, 5.41) is 5.52. The summed E-state index contributed by atoms with van der Waals surface area (Å²) in [4.78, 5) is 26.0. The molecule has 1 aromatic heterocycles. The Kier molecular flexibility index (Phi) is 7.01. The smallest absolute Gasteiger partial charge is 0.286 e. The molecule has 1 aromatic carbocycles. The number of carbonyl (C=O) groups excluding carboxylic acids is 2. The third-order valence-corrected chi connectivity index (χ3v) is 4.41. The van der Waals surface area contributed by atoms with E-state index in [9.17, 15) is 9.59 Å². The van der Waals surface area contributed by atoms with E-state index in [1.165, 1.54) is 11.8 Å². The molecule has 1 fully saturated rings. The average Bonchev–Trinajstić information content (AvgIpc) is 3.23. The lowest BCUT2D eigenvalue weighted by Gasteiger charge is -2.26. The SMILES string of the molecule is O=C(CCNC(=O)c1ccco1)NCc1ccc(CN2CCOCC2)cc1. The van der Waals surface area contributed by atoms with E-state index in [0.29, 0.717) is 6.54 Å². The number of morpholine rings is 1. The van der Waals surface area contributed by atoms with Crippen LogP contribution in [0.5, 0.6) is 0 Å². The van der Waals surface area contributed by atoms with Crippen molar-refractivity contribution in [2.75, 3.05) is 32.8 Å². The average molecular weight is 371 g/mol. The molecule has 0 bridgehead atoms. The lowest BCUT2D eigenvalue weighted by molar-refractivity contribution is -0.121. The molecule has 0 spiro atoms. The number of hydrogen-bond acceptors (Lipinski definition) is 5. The number of ether oxygens (including phenoxy) is 1. The standard InChI is InChI=1S/C20H25N3O4/c24-19(7-8-21-20(25)18-2-1-11-27-18)22-14-16-3-5-17(6-4-16)15-23-9-12-26-13-10-23/h1-6,11H,7-10,12-15H2,(H,21,25)(H,22,24). The molecule has 1 aliphatic rings. The summed E-state index contributed by atoms with van der Waals surface area (Å²) in [6, 6.07) is 11.5. The Morgan fingerprint density at radius 1 is 1.00 bits per heavy atom. The van der Waals surface area contributed by atoms with Crippen molar-refractivity contribution in [1.29, 1.82) is 0 Å². The normalized spacial score (nSPS) is 14.7. The van der Waals surface area contributed by atoms with Crippen LogP contribution in [-0.2, 0) is 22.6 Å². The Labute approximate surface area is 158 Å². The highest BCUT2D eigenvalue weighted by Crippen LogP contribution is 2.09. The number of nitrogens with one attached hydrogen (secondary N) is 2. The summed E-state index contributed by atoms with van der Waals surface area (Å²) in [6.07, 6.45) is 1.66. The quantitative estimate of drug-likeness (QED) is 0.736. The van der Waals surface area contributed by atoms with Crippen LogP contribution in [0.25, 0.3) is 0 Å². The first kappa shape index (κ1) is 19.1. The Hall–Kier alpha value is -2.64. The van der Waals surface area contributed by atoms with Gasteiger partial charge < -0.3 is 19.8 Å². The molecule has 2 aromatic rings. The van der Waals surface area contributed by atoms with E-state index >= 15 is 0 Å². The van der Waals surface area contributed by atoms with Gasteiger partial charge in [0, 0.05) is 39.1 Å². The minimum absolute atomic E-state index is 0.105. The minimum atomic E-state index is -0.316. The number of hydrogen-bond donors (Lipinski definition) is 2. The zero-order valence-corrected chi connectivity index (χ0v) is 15.3. The topological polar surface area (TPSA) is 83.8 Å². The fourth-order valence-corrected chi connectivity index (χ4v) is 2.85. The van der Waals surface area contributed by atoms with Crippen molar-refractivity contribution in [2.45, 2.75) is 19.5 Å². The summed E-state index contributed by atoms with van der Waals surface area (Å²) < 4.78 is 10.4. The van der Waals surface area contributed by atoms with Crippen molar-refractivity contribution < 1.29 is 18.7 Å². The molecule has 0 aliphatic carbocycles. The van der Waals surface area contributed by atoms with Gasteiger partial charge in [0.15, 0.2) is 5.76 Å². The highest BCUT2D eigenvalue weighted by Gasteiger charge is 2.11. The molecule has 1 aliphatic heterocycles. The van der Waals surface area contributed by atoms with Crippen molar-refractivity contribution >= 4 is 11.8 Å². The first-order valence-corrected chi connectivity index (χ1v) is 9.17. The van der Waals surface area contributed by atoms with Gasteiger partial charge in [0.2, 0.25) is 5.91 Å². The van der Waals surface area contributed by atoms with Crippen molar-refractivity contribution in [1.82, 2.24) is 15.5 Å². The molecule has 2 amide bonds. The maximum atomic E-state index is 11.9. The van der Waals surface area contributed by atoms with Crippen molar-refractivity contribution in [3.05, 3.63) is 59.5 Å². The van der Waals surface area contributed by atoms with Crippen molar-refractivity contribution in [2.24, 2.45) is 0 Å². The van der Waals surface area contributed by atoms with Crippen LogP contribution in [0.15, 0.2) is 47.1 Å². The first-order valence-electron chi connectivity index (χ1n) is 9.17. The highest BCUT2D eigenvalue weighted by atomic mass is 16.5. The van der Waals surface area contributed by atoms with Crippen LogP contribution in [-0.4, -0.2) is 49.6 Å². The van der Waals surface area contributed by atoms with E-state index in [4.69, 9.17) is 9.15 Å². The number of benzene rings is 1. The molecule has 3 rings (SSSR count). The first-order chi connectivity index (χ1) is 13.2.